The highest BCUT2D eigenvalue weighted by Gasteiger charge is 2.25. The number of rotatable bonds is 9. The maximum atomic E-state index is 14.8. The van der Waals surface area contributed by atoms with Gasteiger partial charge in [-0.25, -0.2) is 4.39 Å². The van der Waals surface area contributed by atoms with Gasteiger partial charge in [-0.15, -0.1) is 0 Å². The van der Waals surface area contributed by atoms with Crippen LogP contribution in [0.3, 0.4) is 0 Å². The summed E-state index contributed by atoms with van der Waals surface area (Å²) in [6, 6.07) is 9.18. The van der Waals surface area contributed by atoms with E-state index < -0.39 is 6.17 Å². The van der Waals surface area contributed by atoms with Crippen LogP contribution in [0.15, 0.2) is 30.5 Å². The van der Waals surface area contributed by atoms with Gasteiger partial charge in [0.15, 0.2) is 23.0 Å². The summed E-state index contributed by atoms with van der Waals surface area (Å²) >= 11 is 0. The molecular formula is C30H31FN4O6. The van der Waals surface area contributed by atoms with E-state index in [1.807, 2.05) is 0 Å². The first-order chi connectivity index (χ1) is 20.0. The van der Waals surface area contributed by atoms with Crippen molar-refractivity contribution in [3.8, 4) is 40.9 Å². The molecule has 2 aromatic carbocycles. The summed E-state index contributed by atoms with van der Waals surface area (Å²) in [7, 11) is 3.07. The number of ether oxygens (including phenoxy) is 5. The summed E-state index contributed by atoms with van der Waals surface area (Å²) in [4.78, 5) is 4.44. The largest absolute Gasteiger partial charge is 0.493 e. The van der Waals surface area contributed by atoms with Gasteiger partial charge < -0.3 is 34.2 Å². The highest BCUT2D eigenvalue weighted by Crippen LogP contribution is 2.45. The van der Waals surface area contributed by atoms with Crippen LogP contribution in [0.2, 0.25) is 0 Å². The predicted octanol–water partition coefficient (Wildman–Crippen LogP) is 4.79. The van der Waals surface area contributed by atoms with Crippen molar-refractivity contribution >= 4 is 22.3 Å². The molecule has 1 atom stereocenters. The second-order valence-electron chi connectivity index (χ2n) is 9.81. The van der Waals surface area contributed by atoms with Crippen LogP contribution in [0.5, 0.6) is 23.0 Å². The highest BCUT2D eigenvalue weighted by molar-refractivity contribution is 5.98. The van der Waals surface area contributed by atoms with Crippen LogP contribution >= 0.6 is 0 Å². The predicted molar refractivity (Wildman–Crippen MR) is 149 cm³/mol. The van der Waals surface area contributed by atoms with Crippen molar-refractivity contribution in [1.29, 1.82) is 5.26 Å². The molecule has 0 spiro atoms. The number of halogens is 1. The maximum absolute atomic E-state index is 14.8. The molecule has 1 aromatic heterocycles. The molecule has 214 valence electrons. The number of hydroxylamine groups is 2. The highest BCUT2D eigenvalue weighted by atomic mass is 19.1. The Hall–Kier alpha value is -4.29. The number of hydrogen-bond acceptors (Lipinski definition) is 10. The Morgan fingerprint density at radius 1 is 1.17 bits per heavy atom. The number of benzene rings is 2. The summed E-state index contributed by atoms with van der Waals surface area (Å²) in [6.45, 7) is 1.30. The Morgan fingerprint density at radius 3 is 2.73 bits per heavy atom. The standard InChI is InChI=1S/C30H31FN4O6/c1-37-11-3-4-20-5-6-24(30-29(20)40-18-41-30)34-28-21(15-32)16-33-25-14-27(26(38-2)13-23(25)28)39-17-22(31)12-19-7-9-35(36)10-8-19/h5-6,13-14,16,19,22,36H,7-12,17-18H2,1-2H3,(H,33,34). The lowest BCUT2D eigenvalue weighted by Crippen LogP contribution is -2.32. The summed E-state index contributed by atoms with van der Waals surface area (Å²) in [5.41, 5.74) is 2.59. The number of alkyl halides is 1. The zero-order valence-corrected chi connectivity index (χ0v) is 22.9. The van der Waals surface area contributed by atoms with Crippen LogP contribution in [-0.4, -0.2) is 68.7 Å². The van der Waals surface area contributed by atoms with E-state index in [1.54, 1.807) is 31.4 Å². The number of aromatic nitrogens is 1. The molecule has 5 rings (SSSR count). The van der Waals surface area contributed by atoms with E-state index in [4.69, 9.17) is 23.7 Å². The Bertz CT molecular complexity index is 1510. The second-order valence-corrected chi connectivity index (χ2v) is 9.81. The van der Waals surface area contributed by atoms with E-state index >= 15 is 0 Å². The molecule has 10 nitrogen and oxygen atoms in total. The molecule has 0 amide bonds. The fourth-order valence-corrected chi connectivity index (χ4v) is 4.99. The number of nitrogens with one attached hydrogen (secondary N) is 1. The normalized spacial score (nSPS) is 15.6. The number of pyridine rings is 1. The molecule has 1 fully saturated rings. The lowest BCUT2D eigenvalue weighted by atomic mass is 9.92. The number of piperidine rings is 1. The van der Waals surface area contributed by atoms with Crippen molar-refractivity contribution < 1.29 is 33.3 Å². The molecule has 41 heavy (non-hydrogen) atoms. The van der Waals surface area contributed by atoms with E-state index in [0.717, 1.165) is 12.8 Å². The van der Waals surface area contributed by atoms with Gasteiger partial charge in [0.05, 0.1) is 35.1 Å². The van der Waals surface area contributed by atoms with Gasteiger partial charge in [-0.2, -0.15) is 10.3 Å². The lowest BCUT2D eigenvalue weighted by molar-refractivity contribution is -0.113. The Labute approximate surface area is 237 Å². The van der Waals surface area contributed by atoms with Gasteiger partial charge in [-0.1, -0.05) is 11.8 Å². The third kappa shape index (κ3) is 6.39. The van der Waals surface area contributed by atoms with Crippen molar-refractivity contribution in [1.82, 2.24) is 10.0 Å². The van der Waals surface area contributed by atoms with Crippen molar-refractivity contribution in [2.75, 3.05) is 52.6 Å². The van der Waals surface area contributed by atoms with Gasteiger partial charge in [0.1, 0.15) is 25.5 Å². The minimum absolute atomic E-state index is 0.0416. The third-order valence-corrected chi connectivity index (χ3v) is 7.09. The molecule has 3 aromatic rings. The van der Waals surface area contributed by atoms with Gasteiger partial charge in [0.2, 0.25) is 6.79 Å². The van der Waals surface area contributed by atoms with E-state index in [2.05, 4.69) is 28.2 Å². The molecule has 3 heterocycles. The molecule has 2 aliphatic heterocycles. The first-order valence-electron chi connectivity index (χ1n) is 13.3. The maximum Gasteiger partial charge on any atom is 0.231 e. The summed E-state index contributed by atoms with van der Waals surface area (Å²) < 4.78 is 42.6. The van der Waals surface area contributed by atoms with Crippen LogP contribution in [0.4, 0.5) is 15.8 Å². The summed E-state index contributed by atoms with van der Waals surface area (Å²) in [5, 5.41) is 24.6. The van der Waals surface area contributed by atoms with Crippen LogP contribution in [0.25, 0.3) is 10.9 Å². The van der Waals surface area contributed by atoms with Crippen molar-refractivity contribution in [3.05, 3.63) is 41.6 Å². The molecule has 0 bridgehead atoms. The Morgan fingerprint density at radius 2 is 1.98 bits per heavy atom. The zero-order valence-electron chi connectivity index (χ0n) is 22.9. The fourth-order valence-electron chi connectivity index (χ4n) is 4.99. The number of fused-ring (bicyclic) bond motifs is 2. The van der Waals surface area contributed by atoms with Crippen molar-refractivity contribution in [2.45, 2.75) is 25.4 Å². The molecular weight excluding hydrogens is 531 g/mol. The molecule has 11 heteroatoms. The van der Waals surface area contributed by atoms with Gasteiger partial charge in [0.25, 0.3) is 0 Å². The topological polar surface area (TPSA) is 118 Å². The second kappa shape index (κ2) is 12.9. The molecule has 1 unspecified atom stereocenters. The van der Waals surface area contributed by atoms with Crippen LogP contribution in [0.1, 0.15) is 30.4 Å². The summed E-state index contributed by atoms with van der Waals surface area (Å²) in [5.74, 6) is 7.85. The lowest BCUT2D eigenvalue weighted by Gasteiger charge is -2.28. The van der Waals surface area contributed by atoms with Gasteiger partial charge in [0, 0.05) is 37.8 Å². The third-order valence-electron chi connectivity index (χ3n) is 7.09. The van der Waals surface area contributed by atoms with Crippen LogP contribution in [-0.2, 0) is 4.74 Å². The van der Waals surface area contributed by atoms with Crippen molar-refractivity contribution in [2.24, 2.45) is 5.92 Å². The number of methoxy groups -OCH3 is 2. The monoisotopic (exact) mass is 562 g/mol. The van der Waals surface area contributed by atoms with Crippen molar-refractivity contribution in [3.63, 3.8) is 0 Å². The first kappa shape index (κ1) is 28.2. The molecule has 0 radical (unpaired) electrons. The van der Waals surface area contributed by atoms with Crippen LogP contribution in [0, 0.1) is 29.1 Å². The molecule has 2 aliphatic rings. The smallest absolute Gasteiger partial charge is 0.231 e. The van der Waals surface area contributed by atoms with Gasteiger partial charge >= 0.3 is 0 Å². The number of hydrogen-bond donors (Lipinski definition) is 2. The van der Waals surface area contributed by atoms with E-state index in [1.165, 1.54) is 18.4 Å². The molecule has 2 N–H and O–H groups in total. The van der Waals surface area contributed by atoms with E-state index in [0.29, 0.717) is 75.9 Å². The van der Waals surface area contributed by atoms with E-state index in [-0.39, 0.29) is 25.9 Å². The SMILES string of the molecule is COCC#Cc1ccc(Nc2c(C#N)cnc3cc(OCC(F)CC4CCN(O)CC4)c(OC)cc23)c2c1OCO2. The van der Waals surface area contributed by atoms with Gasteiger partial charge in [-0.3, -0.25) is 4.98 Å². The van der Waals surface area contributed by atoms with Gasteiger partial charge in [-0.05, 0) is 43.4 Å². The zero-order chi connectivity index (χ0) is 28.8. The molecule has 1 saturated heterocycles. The van der Waals surface area contributed by atoms with Crippen LogP contribution < -0.4 is 24.3 Å². The average Bonchev–Trinajstić information content (AvgIpc) is 3.49. The number of anilines is 2. The average molecular weight is 563 g/mol. The van der Waals surface area contributed by atoms with E-state index in [9.17, 15) is 14.9 Å². The minimum Gasteiger partial charge on any atom is -0.493 e. The first-order valence-corrected chi connectivity index (χ1v) is 13.3. The quantitative estimate of drug-likeness (QED) is 0.352. The Kier molecular flexibility index (Phi) is 8.90. The molecule has 0 aliphatic carbocycles. The number of nitrogens with zero attached hydrogens (tertiary/aromatic N) is 3. The molecule has 0 saturated carbocycles. The Balaban J connectivity index is 1.40. The number of nitriles is 1. The minimum atomic E-state index is -1.16. The fraction of sp³-hybridized carbons (Fsp3) is 0.400. The summed E-state index contributed by atoms with van der Waals surface area (Å²) in [6.07, 6.45) is 2.18.